The molecular weight excluding hydrogens is 304 g/mol. The minimum Gasteiger partial charge on any atom is -0.497 e. The van der Waals surface area contributed by atoms with Crippen molar-refractivity contribution in [1.29, 1.82) is 0 Å². The molecule has 4 rings (SSSR count). The Balaban J connectivity index is 1.81. The molecule has 0 unspecified atom stereocenters. The van der Waals surface area contributed by atoms with Gasteiger partial charge in [0.1, 0.15) is 5.75 Å². The number of rotatable bonds is 3. The largest absolute Gasteiger partial charge is 0.497 e. The summed E-state index contributed by atoms with van der Waals surface area (Å²) in [6.07, 6.45) is 4.25. The number of aromatic nitrogens is 1. The zero-order valence-electron chi connectivity index (χ0n) is 13.5. The summed E-state index contributed by atoms with van der Waals surface area (Å²) in [5.41, 5.74) is 9.74. The number of pyridine rings is 1. The van der Waals surface area contributed by atoms with E-state index in [2.05, 4.69) is 4.98 Å². The molecule has 0 atom stereocenters. The van der Waals surface area contributed by atoms with E-state index >= 15 is 0 Å². The maximum Gasteiger partial charge on any atom is 0.230 e. The average molecular weight is 322 g/mol. The van der Waals surface area contributed by atoms with Crippen molar-refractivity contribution in [1.82, 2.24) is 4.98 Å². The number of ether oxygens (including phenoxy) is 1. The molecule has 0 radical (unpaired) electrons. The fraction of sp³-hybridized carbons (Fsp3) is 0.263. The van der Waals surface area contributed by atoms with Gasteiger partial charge in [0.25, 0.3) is 0 Å². The minimum atomic E-state index is -0.262. The maximum atomic E-state index is 12.8. The Kier molecular flexibility index (Phi) is 3.49. The third-order valence-electron chi connectivity index (χ3n) is 4.54. The number of methoxy groups -OCH3 is 1. The lowest BCUT2D eigenvalue weighted by Crippen LogP contribution is -2.05. The number of benzene rings is 1. The lowest BCUT2D eigenvalue weighted by Gasteiger charge is -2.13. The topological polar surface area (TPSA) is 78.3 Å². The summed E-state index contributed by atoms with van der Waals surface area (Å²) >= 11 is 0. The third kappa shape index (κ3) is 2.33. The van der Waals surface area contributed by atoms with E-state index in [-0.39, 0.29) is 11.5 Å². The van der Waals surface area contributed by atoms with Crippen molar-refractivity contribution >= 4 is 22.6 Å². The van der Waals surface area contributed by atoms with Crippen molar-refractivity contribution in [2.45, 2.75) is 25.7 Å². The number of nitrogens with zero attached hydrogens (tertiary/aromatic N) is 1. The number of furan rings is 1. The van der Waals surface area contributed by atoms with Gasteiger partial charge in [0.15, 0.2) is 0 Å². The van der Waals surface area contributed by atoms with Gasteiger partial charge in [-0.15, -0.1) is 0 Å². The van der Waals surface area contributed by atoms with Gasteiger partial charge in [0.2, 0.25) is 17.3 Å². The van der Waals surface area contributed by atoms with E-state index in [0.717, 1.165) is 36.8 Å². The van der Waals surface area contributed by atoms with Gasteiger partial charge in [-0.3, -0.25) is 4.79 Å². The SMILES string of the molecule is COc1cccc(C(=O)c2oc3nc4c(cc3c2N)CCCC4)c1. The molecule has 0 fully saturated rings. The third-order valence-corrected chi connectivity index (χ3v) is 4.54. The van der Waals surface area contributed by atoms with Crippen LogP contribution in [0.3, 0.4) is 0 Å². The van der Waals surface area contributed by atoms with Gasteiger partial charge in [-0.1, -0.05) is 12.1 Å². The summed E-state index contributed by atoms with van der Waals surface area (Å²) in [4.78, 5) is 17.4. The van der Waals surface area contributed by atoms with Gasteiger partial charge in [0.05, 0.1) is 18.2 Å². The van der Waals surface area contributed by atoms with Crippen LogP contribution in [0.4, 0.5) is 5.69 Å². The van der Waals surface area contributed by atoms with Crippen molar-refractivity contribution in [3.63, 3.8) is 0 Å². The van der Waals surface area contributed by atoms with Crippen LogP contribution >= 0.6 is 0 Å². The van der Waals surface area contributed by atoms with Crippen molar-refractivity contribution < 1.29 is 13.9 Å². The Morgan fingerprint density at radius 1 is 1.25 bits per heavy atom. The summed E-state index contributed by atoms with van der Waals surface area (Å²) in [6.45, 7) is 0. The lowest BCUT2D eigenvalue weighted by molar-refractivity contribution is 0.101. The van der Waals surface area contributed by atoms with Crippen LogP contribution in [0.15, 0.2) is 34.7 Å². The van der Waals surface area contributed by atoms with Gasteiger partial charge < -0.3 is 14.9 Å². The zero-order valence-corrected chi connectivity index (χ0v) is 13.5. The molecule has 5 nitrogen and oxygen atoms in total. The highest BCUT2D eigenvalue weighted by molar-refractivity contribution is 6.14. The van der Waals surface area contributed by atoms with Crippen molar-refractivity contribution in [2.24, 2.45) is 0 Å². The van der Waals surface area contributed by atoms with Gasteiger partial charge in [0, 0.05) is 11.3 Å². The Bertz CT molecular complexity index is 943. The first-order chi connectivity index (χ1) is 11.7. The number of nitrogens with two attached hydrogens (primary N) is 1. The second-order valence-electron chi connectivity index (χ2n) is 6.06. The van der Waals surface area contributed by atoms with E-state index in [4.69, 9.17) is 14.9 Å². The molecule has 0 aliphatic heterocycles. The quantitative estimate of drug-likeness (QED) is 0.746. The number of carbonyl (C=O) groups excluding carboxylic acids is 1. The Labute approximate surface area is 139 Å². The molecule has 0 bridgehead atoms. The first-order valence-corrected chi connectivity index (χ1v) is 8.07. The minimum absolute atomic E-state index is 0.146. The number of ketones is 1. The first-order valence-electron chi connectivity index (χ1n) is 8.07. The van der Waals surface area contributed by atoms with E-state index < -0.39 is 0 Å². The molecule has 0 amide bonds. The highest BCUT2D eigenvalue weighted by Crippen LogP contribution is 2.32. The number of hydrogen-bond donors (Lipinski definition) is 1. The molecule has 1 aliphatic rings. The van der Waals surface area contributed by atoms with E-state index in [9.17, 15) is 4.79 Å². The number of fused-ring (bicyclic) bond motifs is 2. The molecule has 24 heavy (non-hydrogen) atoms. The van der Waals surface area contributed by atoms with E-state index in [1.807, 2.05) is 6.07 Å². The summed E-state index contributed by atoms with van der Waals surface area (Å²) < 4.78 is 10.9. The maximum absolute atomic E-state index is 12.8. The van der Waals surface area contributed by atoms with Crippen LogP contribution in [0.2, 0.25) is 0 Å². The molecular formula is C19H18N2O3. The number of nitrogen functional groups attached to an aromatic ring is 1. The van der Waals surface area contributed by atoms with Crippen LogP contribution in [0, 0.1) is 0 Å². The summed E-state index contributed by atoms with van der Waals surface area (Å²) in [5.74, 6) is 0.500. The fourth-order valence-corrected chi connectivity index (χ4v) is 3.22. The van der Waals surface area contributed by atoms with Crippen LogP contribution < -0.4 is 10.5 Å². The second kappa shape index (κ2) is 5.67. The van der Waals surface area contributed by atoms with Crippen molar-refractivity contribution in [2.75, 3.05) is 12.8 Å². The standard InChI is InChI=1S/C19H18N2O3/c1-23-13-7-4-6-12(9-13)17(22)18-16(20)14-10-11-5-2-3-8-15(11)21-19(14)24-18/h4,6-7,9-10H,2-3,5,8,20H2,1H3. The van der Waals surface area contributed by atoms with Crippen LogP contribution in [-0.4, -0.2) is 17.9 Å². The summed E-state index contributed by atoms with van der Waals surface area (Å²) in [5, 5.41) is 0.724. The molecule has 0 saturated carbocycles. The van der Waals surface area contributed by atoms with Crippen molar-refractivity contribution in [3.8, 4) is 5.75 Å². The van der Waals surface area contributed by atoms with Crippen LogP contribution in [0.5, 0.6) is 5.75 Å². The van der Waals surface area contributed by atoms with E-state index in [1.165, 1.54) is 5.56 Å². The zero-order chi connectivity index (χ0) is 16.7. The normalized spacial score (nSPS) is 13.7. The van der Waals surface area contributed by atoms with E-state index in [0.29, 0.717) is 22.7 Å². The average Bonchev–Trinajstić information content (AvgIpc) is 2.95. The lowest BCUT2D eigenvalue weighted by atomic mass is 9.95. The fourth-order valence-electron chi connectivity index (χ4n) is 3.22. The van der Waals surface area contributed by atoms with Gasteiger partial charge in [-0.05, 0) is 49.4 Å². The van der Waals surface area contributed by atoms with Crippen molar-refractivity contribution in [3.05, 3.63) is 52.9 Å². The molecule has 122 valence electrons. The monoisotopic (exact) mass is 322 g/mol. The number of hydrogen-bond acceptors (Lipinski definition) is 5. The van der Waals surface area contributed by atoms with Crippen LogP contribution in [-0.2, 0) is 12.8 Å². The van der Waals surface area contributed by atoms with Gasteiger partial charge >= 0.3 is 0 Å². The Morgan fingerprint density at radius 2 is 2.08 bits per heavy atom. The summed E-state index contributed by atoms with van der Waals surface area (Å²) in [7, 11) is 1.56. The highest BCUT2D eigenvalue weighted by Gasteiger charge is 2.23. The molecule has 2 aromatic heterocycles. The second-order valence-corrected chi connectivity index (χ2v) is 6.06. The first kappa shape index (κ1) is 14.8. The molecule has 1 aromatic carbocycles. The Hall–Kier alpha value is -2.82. The smallest absolute Gasteiger partial charge is 0.230 e. The Morgan fingerprint density at radius 3 is 2.92 bits per heavy atom. The number of carbonyl (C=O) groups is 1. The number of aryl methyl sites for hydroxylation is 2. The molecule has 2 heterocycles. The number of anilines is 1. The highest BCUT2D eigenvalue weighted by atomic mass is 16.5. The molecule has 0 spiro atoms. The van der Waals surface area contributed by atoms with Gasteiger partial charge in [-0.2, -0.15) is 0 Å². The van der Waals surface area contributed by atoms with E-state index in [1.54, 1.807) is 31.4 Å². The summed E-state index contributed by atoms with van der Waals surface area (Å²) in [6, 6.07) is 8.97. The predicted octanol–water partition coefficient (Wildman–Crippen LogP) is 3.53. The van der Waals surface area contributed by atoms with Crippen LogP contribution in [0.1, 0.15) is 40.2 Å². The predicted molar refractivity (Wildman–Crippen MR) is 91.5 cm³/mol. The molecule has 5 heteroatoms. The van der Waals surface area contributed by atoms with Crippen LogP contribution in [0.25, 0.3) is 11.1 Å². The van der Waals surface area contributed by atoms with Gasteiger partial charge in [-0.25, -0.2) is 4.98 Å². The molecule has 1 aliphatic carbocycles. The molecule has 2 N–H and O–H groups in total. The molecule has 3 aromatic rings. The molecule has 0 saturated heterocycles.